The molecule has 0 unspecified atom stereocenters. The van der Waals surface area contributed by atoms with E-state index in [-0.39, 0.29) is 32.0 Å². The number of amides is 1. The minimum Gasteiger partial charge on any atom is -0.497 e. The molecule has 0 atom stereocenters. The van der Waals surface area contributed by atoms with Gasteiger partial charge in [0.25, 0.3) is 0 Å². The molecule has 1 saturated heterocycles. The van der Waals surface area contributed by atoms with Crippen molar-refractivity contribution >= 4 is 27.7 Å². The van der Waals surface area contributed by atoms with Crippen molar-refractivity contribution in [3.05, 3.63) is 59.9 Å². The summed E-state index contributed by atoms with van der Waals surface area (Å²) in [6.45, 7) is 0.826. The van der Waals surface area contributed by atoms with E-state index in [0.29, 0.717) is 5.75 Å². The molecule has 1 fully saturated rings. The number of morpholine rings is 1. The molecule has 1 amide bonds. The van der Waals surface area contributed by atoms with Gasteiger partial charge in [-0.3, -0.25) is 4.79 Å². The quantitative estimate of drug-likeness (QED) is 0.726. The lowest BCUT2D eigenvalue weighted by Gasteiger charge is -2.26. The third-order valence-corrected chi connectivity index (χ3v) is 6.24. The van der Waals surface area contributed by atoms with Crippen LogP contribution < -0.4 is 10.1 Å². The Morgan fingerprint density at radius 2 is 1.86 bits per heavy atom. The highest BCUT2D eigenvalue weighted by Crippen LogP contribution is 2.24. The number of hydrogen-bond donors (Lipinski definition) is 1. The molecule has 1 aliphatic rings. The van der Waals surface area contributed by atoms with E-state index >= 15 is 0 Å². The van der Waals surface area contributed by atoms with Crippen LogP contribution in [0, 0.1) is 5.82 Å². The first-order valence-corrected chi connectivity index (χ1v) is 10.3. The van der Waals surface area contributed by atoms with Gasteiger partial charge in [-0.1, -0.05) is 12.1 Å². The molecule has 154 valence electrons. The summed E-state index contributed by atoms with van der Waals surface area (Å²) in [7, 11) is -2.45. The number of anilines is 1. The van der Waals surface area contributed by atoms with Crippen LogP contribution >= 0.6 is 0 Å². The van der Waals surface area contributed by atoms with Crippen LogP contribution in [0.15, 0.2) is 53.4 Å². The molecule has 0 saturated carbocycles. The van der Waals surface area contributed by atoms with Crippen LogP contribution in [-0.4, -0.2) is 52.0 Å². The molecule has 0 radical (unpaired) electrons. The highest BCUT2D eigenvalue weighted by molar-refractivity contribution is 7.89. The molecule has 29 heavy (non-hydrogen) atoms. The summed E-state index contributed by atoms with van der Waals surface area (Å²) < 4.78 is 51.0. The summed E-state index contributed by atoms with van der Waals surface area (Å²) in [6, 6.07) is 10.6. The second kappa shape index (κ2) is 9.17. The fraction of sp³-hybridized carbons (Fsp3) is 0.250. The van der Waals surface area contributed by atoms with Crippen molar-refractivity contribution in [2.45, 2.75) is 4.90 Å². The smallest absolute Gasteiger partial charge is 0.248 e. The van der Waals surface area contributed by atoms with Crippen LogP contribution in [0.3, 0.4) is 0 Å². The van der Waals surface area contributed by atoms with Crippen molar-refractivity contribution in [1.82, 2.24) is 4.31 Å². The van der Waals surface area contributed by atoms with E-state index in [1.54, 1.807) is 37.5 Å². The van der Waals surface area contributed by atoms with Crippen LogP contribution in [0.1, 0.15) is 5.56 Å². The minimum absolute atomic E-state index is 0.156. The van der Waals surface area contributed by atoms with E-state index in [9.17, 15) is 17.6 Å². The molecule has 0 bridgehead atoms. The third kappa shape index (κ3) is 5.20. The Bertz CT molecular complexity index is 1000. The largest absolute Gasteiger partial charge is 0.497 e. The van der Waals surface area contributed by atoms with Crippen LogP contribution in [0.4, 0.5) is 10.1 Å². The number of nitrogens with one attached hydrogen (secondary N) is 1. The monoisotopic (exact) mass is 420 g/mol. The Hall–Kier alpha value is -2.75. The van der Waals surface area contributed by atoms with Gasteiger partial charge in [0.15, 0.2) is 0 Å². The number of carbonyl (C=O) groups is 1. The first-order chi connectivity index (χ1) is 13.9. The molecule has 7 nitrogen and oxygen atoms in total. The van der Waals surface area contributed by atoms with Crippen LogP contribution in [-0.2, 0) is 19.6 Å². The van der Waals surface area contributed by atoms with Gasteiger partial charge in [-0.2, -0.15) is 4.31 Å². The fourth-order valence-corrected chi connectivity index (χ4v) is 4.27. The van der Waals surface area contributed by atoms with Gasteiger partial charge in [-0.25, -0.2) is 12.8 Å². The number of nitrogens with zero attached hydrogens (tertiary/aromatic N) is 1. The average molecular weight is 420 g/mol. The van der Waals surface area contributed by atoms with Gasteiger partial charge in [-0.15, -0.1) is 0 Å². The molecule has 9 heteroatoms. The Kier molecular flexibility index (Phi) is 6.63. The normalized spacial score (nSPS) is 15.4. The van der Waals surface area contributed by atoms with Gasteiger partial charge < -0.3 is 14.8 Å². The maximum Gasteiger partial charge on any atom is 0.248 e. The zero-order chi connectivity index (χ0) is 20.9. The molecule has 0 aliphatic carbocycles. The number of ether oxygens (including phenoxy) is 2. The van der Waals surface area contributed by atoms with Crippen LogP contribution in [0.5, 0.6) is 5.75 Å². The van der Waals surface area contributed by atoms with Crippen molar-refractivity contribution in [2.75, 3.05) is 38.7 Å². The number of methoxy groups -OCH3 is 1. The van der Waals surface area contributed by atoms with E-state index in [1.165, 1.54) is 16.4 Å². The van der Waals surface area contributed by atoms with Gasteiger partial charge in [0.05, 0.1) is 20.3 Å². The summed E-state index contributed by atoms with van der Waals surface area (Å²) in [5, 5.41) is 2.55. The van der Waals surface area contributed by atoms with Crippen molar-refractivity contribution in [3.8, 4) is 5.75 Å². The summed E-state index contributed by atoms with van der Waals surface area (Å²) >= 11 is 0. The van der Waals surface area contributed by atoms with Crippen molar-refractivity contribution in [2.24, 2.45) is 0 Å². The predicted octanol–water partition coefficient (Wildman–Crippen LogP) is 2.51. The lowest BCUT2D eigenvalue weighted by atomic mass is 10.2. The summed E-state index contributed by atoms with van der Waals surface area (Å²) in [5.41, 5.74) is 0.971. The molecule has 1 N–H and O–H groups in total. The Morgan fingerprint density at radius 1 is 1.17 bits per heavy atom. The highest BCUT2D eigenvalue weighted by Gasteiger charge is 2.29. The number of carbonyl (C=O) groups excluding carboxylic acids is 1. The Labute approximate surface area is 168 Å². The second-order valence-corrected chi connectivity index (χ2v) is 8.16. The molecule has 0 spiro atoms. The van der Waals surface area contributed by atoms with Gasteiger partial charge in [0, 0.05) is 24.9 Å². The standard InChI is InChI=1S/C20H21FN2O5S/c1-27-17-6-2-15(3-7-17)4-9-20(24)22-16-5-8-18(21)19(14-16)29(25,26)23-10-12-28-13-11-23/h2-9,14H,10-13H2,1H3,(H,22,24)/b9-4+. The highest BCUT2D eigenvalue weighted by atomic mass is 32.2. The molecule has 2 aromatic carbocycles. The van der Waals surface area contributed by atoms with Crippen LogP contribution in [0.2, 0.25) is 0 Å². The van der Waals surface area contributed by atoms with Crippen molar-refractivity contribution in [1.29, 1.82) is 0 Å². The van der Waals surface area contributed by atoms with E-state index in [2.05, 4.69) is 5.32 Å². The third-order valence-electron chi connectivity index (χ3n) is 4.33. The van der Waals surface area contributed by atoms with Crippen molar-refractivity contribution in [3.63, 3.8) is 0 Å². The van der Waals surface area contributed by atoms with E-state index in [4.69, 9.17) is 9.47 Å². The molecule has 2 aromatic rings. The predicted molar refractivity (Wildman–Crippen MR) is 107 cm³/mol. The van der Waals surface area contributed by atoms with E-state index < -0.39 is 26.6 Å². The number of hydrogen-bond acceptors (Lipinski definition) is 5. The first-order valence-electron chi connectivity index (χ1n) is 8.91. The van der Waals surface area contributed by atoms with E-state index in [1.807, 2.05) is 0 Å². The first kappa shape index (κ1) is 21.0. The van der Waals surface area contributed by atoms with Gasteiger partial charge >= 0.3 is 0 Å². The minimum atomic E-state index is -4.02. The Morgan fingerprint density at radius 3 is 2.52 bits per heavy atom. The lowest BCUT2D eigenvalue weighted by Crippen LogP contribution is -2.40. The Balaban J connectivity index is 1.73. The number of halogens is 1. The lowest BCUT2D eigenvalue weighted by molar-refractivity contribution is -0.111. The molecule has 3 rings (SSSR count). The maximum absolute atomic E-state index is 14.2. The zero-order valence-corrected chi connectivity index (χ0v) is 16.6. The molecule has 0 aromatic heterocycles. The van der Waals surface area contributed by atoms with Crippen molar-refractivity contribution < 1.29 is 27.1 Å². The van der Waals surface area contributed by atoms with Gasteiger partial charge in [0.1, 0.15) is 16.5 Å². The number of rotatable bonds is 6. The summed E-state index contributed by atoms with van der Waals surface area (Å²) in [6.07, 6.45) is 2.91. The molecule has 1 heterocycles. The SMILES string of the molecule is COc1ccc(/C=C/C(=O)Nc2ccc(F)c(S(=O)(=O)N3CCOCC3)c2)cc1. The number of benzene rings is 2. The molecular weight excluding hydrogens is 399 g/mol. The van der Waals surface area contributed by atoms with Crippen LogP contribution in [0.25, 0.3) is 6.08 Å². The maximum atomic E-state index is 14.2. The second-order valence-electron chi connectivity index (χ2n) is 6.26. The van der Waals surface area contributed by atoms with E-state index in [0.717, 1.165) is 17.7 Å². The zero-order valence-electron chi connectivity index (χ0n) is 15.8. The van der Waals surface area contributed by atoms with Gasteiger partial charge in [-0.05, 0) is 42.0 Å². The molecular formula is C20H21FN2O5S. The summed E-state index contributed by atoms with van der Waals surface area (Å²) in [5.74, 6) is -0.641. The van der Waals surface area contributed by atoms with Gasteiger partial charge in [0.2, 0.25) is 15.9 Å². The topological polar surface area (TPSA) is 84.9 Å². The molecule has 1 aliphatic heterocycles. The summed E-state index contributed by atoms with van der Waals surface area (Å²) in [4.78, 5) is 11.7. The number of sulfonamides is 1. The fourth-order valence-electron chi connectivity index (χ4n) is 2.78. The average Bonchev–Trinajstić information content (AvgIpc) is 2.74.